The van der Waals surface area contributed by atoms with Gasteiger partial charge < -0.3 is 10.6 Å². The quantitative estimate of drug-likeness (QED) is 0.810. The smallest absolute Gasteiger partial charge is 0.203 e. The number of piperazine rings is 1. The summed E-state index contributed by atoms with van der Waals surface area (Å²) in [6.07, 6.45) is 5.36. The summed E-state index contributed by atoms with van der Waals surface area (Å²) < 4.78 is 1.90. The lowest BCUT2D eigenvalue weighted by atomic mass is 10.2. The Labute approximate surface area is 112 Å². The van der Waals surface area contributed by atoms with Crippen molar-refractivity contribution in [1.29, 1.82) is 0 Å². The number of rotatable bonds is 3. The Bertz CT molecular complexity index is 544. The summed E-state index contributed by atoms with van der Waals surface area (Å²) >= 11 is 0. The van der Waals surface area contributed by atoms with Gasteiger partial charge in [0.2, 0.25) is 5.65 Å². The minimum Gasteiger partial charge on any atom is -0.351 e. The lowest BCUT2D eigenvalue weighted by molar-refractivity contribution is 0.201. The Morgan fingerprint density at radius 2 is 2.11 bits per heavy atom. The molecule has 1 aliphatic rings. The van der Waals surface area contributed by atoms with E-state index in [1.165, 1.54) is 0 Å². The summed E-state index contributed by atoms with van der Waals surface area (Å²) in [4.78, 5) is 9.14. The van der Waals surface area contributed by atoms with Crippen LogP contribution < -0.4 is 10.6 Å². The topological polar surface area (TPSA) is 75.6 Å². The van der Waals surface area contributed by atoms with E-state index < -0.39 is 0 Å². The van der Waals surface area contributed by atoms with Gasteiger partial charge in [0.15, 0.2) is 5.82 Å². The predicted molar refractivity (Wildman–Crippen MR) is 73.1 cm³/mol. The first kappa shape index (κ1) is 12.3. The van der Waals surface area contributed by atoms with Crippen molar-refractivity contribution in [3.63, 3.8) is 0 Å². The van der Waals surface area contributed by atoms with Gasteiger partial charge in [-0.1, -0.05) is 0 Å². The van der Waals surface area contributed by atoms with Gasteiger partial charge in [-0.25, -0.2) is 4.98 Å². The van der Waals surface area contributed by atoms with Crippen molar-refractivity contribution in [2.45, 2.75) is 13.0 Å². The van der Waals surface area contributed by atoms with E-state index in [0.29, 0.717) is 12.6 Å². The molecule has 0 bridgehead atoms. The zero-order chi connectivity index (χ0) is 13.2. The molecular formula is C12H19N7. The average molecular weight is 261 g/mol. The molecule has 2 aromatic rings. The van der Waals surface area contributed by atoms with Gasteiger partial charge in [0.05, 0.1) is 0 Å². The van der Waals surface area contributed by atoms with Crippen molar-refractivity contribution >= 4 is 11.5 Å². The molecule has 3 heterocycles. The van der Waals surface area contributed by atoms with Crippen molar-refractivity contribution in [2.75, 3.05) is 37.6 Å². The van der Waals surface area contributed by atoms with E-state index in [-0.39, 0.29) is 0 Å². The molecule has 102 valence electrons. The van der Waals surface area contributed by atoms with Gasteiger partial charge >= 0.3 is 0 Å². The van der Waals surface area contributed by atoms with Gasteiger partial charge in [-0.2, -0.15) is 0 Å². The van der Waals surface area contributed by atoms with Gasteiger partial charge in [0.1, 0.15) is 6.33 Å². The standard InChI is InChI=1S/C12H19N7/c1-10(8-13)17-4-6-18(7-5-17)11-12-16-15-9-19(12)3-2-14-11/h2-3,9-10H,4-8,13H2,1H3. The van der Waals surface area contributed by atoms with E-state index >= 15 is 0 Å². The lowest BCUT2D eigenvalue weighted by Crippen LogP contribution is -2.51. The second-order valence-corrected chi connectivity index (χ2v) is 4.92. The summed E-state index contributed by atoms with van der Waals surface area (Å²) in [5, 5.41) is 8.07. The molecule has 0 aliphatic carbocycles. The van der Waals surface area contributed by atoms with Gasteiger partial charge in [-0.3, -0.25) is 9.30 Å². The van der Waals surface area contributed by atoms with Crippen LogP contribution in [-0.4, -0.2) is 63.2 Å². The molecule has 1 atom stereocenters. The van der Waals surface area contributed by atoms with Crippen molar-refractivity contribution in [1.82, 2.24) is 24.5 Å². The largest absolute Gasteiger partial charge is 0.351 e. The number of nitrogens with zero attached hydrogens (tertiary/aromatic N) is 6. The molecule has 1 fully saturated rings. The normalized spacial score (nSPS) is 18.9. The molecule has 2 aromatic heterocycles. The van der Waals surface area contributed by atoms with Gasteiger partial charge in [0.25, 0.3) is 0 Å². The van der Waals surface area contributed by atoms with Crippen molar-refractivity contribution < 1.29 is 0 Å². The van der Waals surface area contributed by atoms with Crippen LogP contribution in [0.5, 0.6) is 0 Å². The zero-order valence-electron chi connectivity index (χ0n) is 11.1. The molecule has 0 amide bonds. The lowest BCUT2D eigenvalue weighted by Gasteiger charge is -2.38. The fourth-order valence-corrected chi connectivity index (χ4v) is 2.49. The van der Waals surface area contributed by atoms with Crippen LogP contribution in [0.25, 0.3) is 5.65 Å². The number of nitrogens with two attached hydrogens (primary N) is 1. The number of fused-ring (bicyclic) bond motifs is 1. The highest BCUT2D eigenvalue weighted by Gasteiger charge is 2.22. The molecule has 1 saturated heterocycles. The highest BCUT2D eigenvalue weighted by molar-refractivity contribution is 5.63. The van der Waals surface area contributed by atoms with Crippen LogP contribution in [0, 0.1) is 0 Å². The van der Waals surface area contributed by atoms with E-state index in [4.69, 9.17) is 5.73 Å². The second kappa shape index (κ2) is 5.10. The minimum absolute atomic E-state index is 0.444. The monoisotopic (exact) mass is 261 g/mol. The first-order valence-corrected chi connectivity index (χ1v) is 6.63. The number of anilines is 1. The van der Waals surface area contributed by atoms with Crippen molar-refractivity contribution in [3.8, 4) is 0 Å². The van der Waals surface area contributed by atoms with E-state index in [1.54, 1.807) is 12.5 Å². The third kappa shape index (κ3) is 2.26. The maximum atomic E-state index is 5.72. The van der Waals surface area contributed by atoms with Gasteiger partial charge in [-0.15, -0.1) is 10.2 Å². The zero-order valence-corrected chi connectivity index (χ0v) is 11.1. The molecule has 3 rings (SSSR count). The van der Waals surface area contributed by atoms with Crippen LogP contribution in [0.3, 0.4) is 0 Å². The Balaban J connectivity index is 1.76. The first-order valence-electron chi connectivity index (χ1n) is 6.63. The van der Waals surface area contributed by atoms with E-state index in [0.717, 1.165) is 37.6 Å². The summed E-state index contributed by atoms with van der Waals surface area (Å²) in [5.41, 5.74) is 6.54. The second-order valence-electron chi connectivity index (χ2n) is 4.92. The average Bonchev–Trinajstić information content (AvgIpc) is 2.95. The van der Waals surface area contributed by atoms with Crippen molar-refractivity contribution in [3.05, 3.63) is 18.7 Å². The Morgan fingerprint density at radius 1 is 1.32 bits per heavy atom. The minimum atomic E-state index is 0.444. The van der Waals surface area contributed by atoms with Crippen LogP contribution in [0.1, 0.15) is 6.92 Å². The molecule has 0 aromatic carbocycles. The van der Waals surface area contributed by atoms with E-state index in [9.17, 15) is 0 Å². The fourth-order valence-electron chi connectivity index (χ4n) is 2.49. The SMILES string of the molecule is CC(CN)N1CCN(c2nccn3cnnc23)CC1. The molecule has 7 nitrogen and oxygen atoms in total. The summed E-state index contributed by atoms with van der Waals surface area (Å²) in [6, 6.07) is 0.444. The molecule has 1 unspecified atom stereocenters. The van der Waals surface area contributed by atoms with Crippen molar-refractivity contribution in [2.24, 2.45) is 5.73 Å². The van der Waals surface area contributed by atoms with Gasteiger partial charge in [0, 0.05) is 51.2 Å². The van der Waals surface area contributed by atoms with E-state index in [2.05, 4.69) is 31.9 Å². The molecule has 2 N–H and O–H groups in total. The summed E-state index contributed by atoms with van der Waals surface area (Å²) in [6.45, 7) is 6.80. The highest BCUT2D eigenvalue weighted by Crippen LogP contribution is 2.18. The molecule has 1 aliphatic heterocycles. The Kier molecular flexibility index (Phi) is 3.31. The molecule has 19 heavy (non-hydrogen) atoms. The molecule has 0 saturated carbocycles. The van der Waals surface area contributed by atoms with Gasteiger partial charge in [-0.05, 0) is 6.92 Å². The number of hydrogen-bond acceptors (Lipinski definition) is 6. The maximum Gasteiger partial charge on any atom is 0.203 e. The van der Waals surface area contributed by atoms with Crippen LogP contribution in [0.2, 0.25) is 0 Å². The Hall–Kier alpha value is -1.73. The molecular weight excluding hydrogens is 242 g/mol. The van der Waals surface area contributed by atoms with Crippen LogP contribution >= 0.6 is 0 Å². The maximum absolute atomic E-state index is 5.72. The molecule has 0 spiro atoms. The third-order valence-electron chi connectivity index (χ3n) is 3.78. The van der Waals surface area contributed by atoms with Crippen LogP contribution in [0.15, 0.2) is 18.7 Å². The van der Waals surface area contributed by atoms with Crippen LogP contribution in [-0.2, 0) is 0 Å². The summed E-state index contributed by atoms with van der Waals surface area (Å²) in [5.74, 6) is 0.917. The predicted octanol–water partition coefficient (Wildman–Crippen LogP) is -0.406. The number of hydrogen-bond donors (Lipinski definition) is 1. The summed E-state index contributed by atoms with van der Waals surface area (Å²) in [7, 11) is 0. The first-order chi connectivity index (χ1) is 9.29. The molecule has 0 radical (unpaired) electrons. The third-order valence-corrected chi connectivity index (χ3v) is 3.78. The van der Waals surface area contributed by atoms with Crippen LogP contribution in [0.4, 0.5) is 5.82 Å². The fraction of sp³-hybridized carbons (Fsp3) is 0.583. The number of aromatic nitrogens is 4. The van der Waals surface area contributed by atoms with E-state index in [1.807, 2.05) is 10.6 Å². The highest BCUT2D eigenvalue weighted by atomic mass is 15.3. The Morgan fingerprint density at radius 3 is 2.84 bits per heavy atom. The molecule has 7 heteroatoms.